The highest BCUT2D eigenvalue weighted by Gasteiger charge is 2.48. The molecule has 0 aliphatic heterocycles. The van der Waals surface area contributed by atoms with Gasteiger partial charge in [0.05, 0.1) is 17.5 Å². The first-order valence-electron chi connectivity index (χ1n) is 8.13. The maximum Gasteiger partial charge on any atom is 0.228 e. The van der Waals surface area contributed by atoms with Crippen LogP contribution in [0.15, 0.2) is 42.5 Å². The highest BCUT2D eigenvalue weighted by atomic mass is 19.1. The van der Waals surface area contributed by atoms with Crippen LogP contribution in [0.25, 0.3) is 0 Å². The Morgan fingerprint density at radius 3 is 2.24 bits per heavy atom. The Morgan fingerprint density at radius 1 is 1.00 bits per heavy atom. The van der Waals surface area contributed by atoms with Crippen LogP contribution < -0.4 is 10.6 Å². The summed E-state index contributed by atoms with van der Waals surface area (Å²) in [6.07, 6.45) is 1.33. The van der Waals surface area contributed by atoms with Gasteiger partial charge in [0.2, 0.25) is 11.8 Å². The van der Waals surface area contributed by atoms with Gasteiger partial charge in [-0.05, 0) is 42.7 Å². The van der Waals surface area contributed by atoms with Crippen molar-refractivity contribution in [3.63, 3.8) is 0 Å². The molecular formula is C19H18F2N2O2. The van der Waals surface area contributed by atoms with Crippen LogP contribution in [-0.2, 0) is 16.0 Å². The molecule has 1 saturated carbocycles. The van der Waals surface area contributed by atoms with Crippen LogP contribution >= 0.6 is 0 Å². The first-order valence-corrected chi connectivity index (χ1v) is 8.13. The van der Waals surface area contributed by atoms with Crippen LogP contribution in [0.1, 0.15) is 18.9 Å². The van der Waals surface area contributed by atoms with Gasteiger partial charge in [-0.1, -0.05) is 19.1 Å². The molecule has 0 aromatic heterocycles. The number of halogens is 2. The lowest BCUT2D eigenvalue weighted by molar-refractivity contribution is -0.122. The van der Waals surface area contributed by atoms with Gasteiger partial charge >= 0.3 is 0 Å². The van der Waals surface area contributed by atoms with Crippen molar-refractivity contribution >= 4 is 23.2 Å². The number of carbonyl (C=O) groups excluding carboxylic acids is 2. The van der Waals surface area contributed by atoms with E-state index in [2.05, 4.69) is 10.6 Å². The summed E-state index contributed by atoms with van der Waals surface area (Å²) in [4.78, 5) is 24.3. The van der Waals surface area contributed by atoms with E-state index in [-0.39, 0.29) is 11.6 Å². The molecule has 2 unspecified atom stereocenters. The number of hydrogen-bond donors (Lipinski definition) is 2. The molecular weight excluding hydrogens is 326 g/mol. The minimum Gasteiger partial charge on any atom is -0.326 e. The van der Waals surface area contributed by atoms with Crippen LogP contribution in [0, 0.1) is 23.5 Å². The summed E-state index contributed by atoms with van der Waals surface area (Å²) in [7, 11) is 0. The van der Waals surface area contributed by atoms with Crippen LogP contribution in [0.3, 0.4) is 0 Å². The second-order valence-electron chi connectivity index (χ2n) is 6.10. The van der Waals surface area contributed by atoms with E-state index in [1.54, 1.807) is 0 Å². The Balaban J connectivity index is 1.55. The molecule has 0 bridgehead atoms. The molecule has 2 aromatic rings. The number of anilines is 2. The number of carbonyl (C=O) groups is 2. The molecule has 2 atom stereocenters. The Morgan fingerprint density at radius 2 is 1.64 bits per heavy atom. The minimum absolute atomic E-state index is 0.0902. The zero-order valence-electron chi connectivity index (χ0n) is 13.7. The summed E-state index contributed by atoms with van der Waals surface area (Å²) in [6.45, 7) is 2.05. The summed E-state index contributed by atoms with van der Waals surface area (Å²) in [5.41, 5.74) is 1.76. The molecule has 6 heteroatoms. The Hall–Kier alpha value is -2.76. The molecule has 0 radical (unpaired) electrons. The summed E-state index contributed by atoms with van der Waals surface area (Å²) < 4.78 is 26.4. The Bertz CT molecular complexity index is 806. The normalized spacial score (nSPS) is 18.5. The number of hydrogen-bond acceptors (Lipinski definition) is 2. The SMILES string of the molecule is CCc1ccc(NC(=O)C2CC2C(=O)Nc2ccc(F)cc2F)cc1. The van der Waals surface area contributed by atoms with Gasteiger partial charge in [-0.25, -0.2) is 8.78 Å². The summed E-state index contributed by atoms with van der Waals surface area (Å²) in [6, 6.07) is 10.4. The van der Waals surface area contributed by atoms with Crippen molar-refractivity contribution in [1.82, 2.24) is 0 Å². The van der Waals surface area contributed by atoms with Gasteiger partial charge in [-0.2, -0.15) is 0 Å². The van der Waals surface area contributed by atoms with Crippen LogP contribution in [0.5, 0.6) is 0 Å². The molecule has 1 fully saturated rings. The van der Waals surface area contributed by atoms with E-state index in [9.17, 15) is 18.4 Å². The fourth-order valence-corrected chi connectivity index (χ4v) is 2.65. The maximum atomic E-state index is 13.6. The van der Waals surface area contributed by atoms with Crippen molar-refractivity contribution in [3.05, 3.63) is 59.7 Å². The third-order valence-electron chi connectivity index (χ3n) is 4.28. The zero-order chi connectivity index (χ0) is 18.0. The molecule has 1 aliphatic rings. The highest BCUT2D eigenvalue weighted by Crippen LogP contribution is 2.40. The van der Waals surface area contributed by atoms with Crippen LogP contribution in [0.4, 0.5) is 20.2 Å². The van der Waals surface area contributed by atoms with Gasteiger partial charge in [-0.15, -0.1) is 0 Å². The van der Waals surface area contributed by atoms with Crippen LogP contribution in [0.2, 0.25) is 0 Å². The smallest absolute Gasteiger partial charge is 0.228 e. The van der Waals surface area contributed by atoms with E-state index in [4.69, 9.17) is 0 Å². The molecule has 0 saturated heterocycles. The third-order valence-corrected chi connectivity index (χ3v) is 4.28. The fourth-order valence-electron chi connectivity index (χ4n) is 2.65. The van der Waals surface area contributed by atoms with Crippen molar-refractivity contribution in [2.45, 2.75) is 19.8 Å². The average Bonchev–Trinajstić information content (AvgIpc) is 3.39. The van der Waals surface area contributed by atoms with E-state index in [1.807, 2.05) is 31.2 Å². The number of rotatable bonds is 5. The zero-order valence-corrected chi connectivity index (χ0v) is 13.7. The molecule has 2 aromatic carbocycles. The molecule has 3 rings (SSSR count). The molecule has 4 nitrogen and oxygen atoms in total. The second kappa shape index (κ2) is 7.01. The van der Waals surface area contributed by atoms with E-state index in [1.165, 1.54) is 5.56 Å². The predicted octanol–water partition coefficient (Wildman–Crippen LogP) is 3.74. The van der Waals surface area contributed by atoms with Crippen molar-refractivity contribution < 1.29 is 18.4 Å². The number of aryl methyl sites for hydroxylation is 1. The molecule has 0 heterocycles. The van der Waals surface area contributed by atoms with E-state index in [0.717, 1.165) is 18.6 Å². The van der Waals surface area contributed by atoms with Crippen LogP contribution in [-0.4, -0.2) is 11.8 Å². The lowest BCUT2D eigenvalue weighted by Crippen LogP contribution is -2.21. The van der Waals surface area contributed by atoms with Gasteiger partial charge in [0.25, 0.3) is 0 Å². The molecule has 130 valence electrons. The lowest BCUT2D eigenvalue weighted by Gasteiger charge is -2.07. The number of nitrogens with one attached hydrogen (secondary N) is 2. The van der Waals surface area contributed by atoms with Gasteiger partial charge in [-0.3, -0.25) is 9.59 Å². The van der Waals surface area contributed by atoms with Crippen molar-refractivity contribution in [2.24, 2.45) is 11.8 Å². The topological polar surface area (TPSA) is 58.2 Å². The first kappa shape index (κ1) is 17.1. The molecule has 0 spiro atoms. The van der Waals surface area contributed by atoms with E-state index in [0.29, 0.717) is 18.2 Å². The van der Waals surface area contributed by atoms with Gasteiger partial charge < -0.3 is 10.6 Å². The Labute approximate surface area is 144 Å². The maximum absolute atomic E-state index is 13.6. The lowest BCUT2D eigenvalue weighted by atomic mass is 10.1. The summed E-state index contributed by atoms with van der Waals surface area (Å²) in [5.74, 6) is -3.16. The second-order valence-corrected chi connectivity index (χ2v) is 6.10. The largest absolute Gasteiger partial charge is 0.326 e. The molecule has 25 heavy (non-hydrogen) atoms. The number of amides is 2. The standard InChI is InChI=1S/C19H18F2N2O2/c1-2-11-3-6-13(7-4-11)22-18(24)14-10-15(14)19(25)23-17-8-5-12(20)9-16(17)21/h3-9,14-15H,2,10H2,1H3,(H,22,24)(H,23,25). The average molecular weight is 344 g/mol. The quantitative estimate of drug-likeness (QED) is 0.868. The van der Waals surface area contributed by atoms with Gasteiger partial charge in [0.1, 0.15) is 11.6 Å². The van der Waals surface area contributed by atoms with E-state index >= 15 is 0 Å². The summed E-state index contributed by atoms with van der Waals surface area (Å²) in [5, 5.41) is 5.18. The minimum atomic E-state index is -0.842. The predicted molar refractivity (Wildman–Crippen MR) is 91.0 cm³/mol. The van der Waals surface area contributed by atoms with Crippen molar-refractivity contribution in [3.8, 4) is 0 Å². The van der Waals surface area contributed by atoms with E-state index < -0.39 is 29.4 Å². The number of benzene rings is 2. The molecule has 2 N–H and O–H groups in total. The fraction of sp³-hybridized carbons (Fsp3) is 0.263. The third kappa shape index (κ3) is 4.02. The first-order chi connectivity index (χ1) is 12.0. The van der Waals surface area contributed by atoms with Crippen molar-refractivity contribution in [2.75, 3.05) is 10.6 Å². The monoisotopic (exact) mass is 344 g/mol. The summed E-state index contributed by atoms with van der Waals surface area (Å²) >= 11 is 0. The molecule has 1 aliphatic carbocycles. The molecule has 2 amide bonds. The highest BCUT2D eigenvalue weighted by molar-refractivity contribution is 6.03. The van der Waals surface area contributed by atoms with Gasteiger partial charge in [0, 0.05) is 11.8 Å². The van der Waals surface area contributed by atoms with Crippen molar-refractivity contribution in [1.29, 1.82) is 0 Å². The Kier molecular flexibility index (Phi) is 4.79. The van der Waals surface area contributed by atoms with Gasteiger partial charge in [0.15, 0.2) is 0 Å².